The number of rotatable bonds is 4. The van der Waals surface area contributed by atoms with Crippen LogP contribution in [-0.4, -0.2) is 29.1 Å². The molecule has 2 aliphatic rings. The van der Waals surface area contributed by atoms with E-state index in [1.54, 1.807) is 0 Å². The molecule has 3 aromatic rings. The number of nitrogens with zero attached hydrogens (tertiary/aromatic N) is 2. The van der Waals surface area contributed by atoms with E-state index in [0.29, 0.717) is 6.54 Å². The lowest BCUT2D eigenvalue weighted by molar-refractivity contribution is 0.251. The fraction of sp³-hybridized carbons (Fsp3) is 0.375. The van der Waals surface area contributed by atoms with Gasteiger partial charge in [-0.2, -0.15) is 0 Å². The van der Waals surface area contributed by atoms with Crippen LogP contribution in [0.3, 0.4) is 0 Å². The Morgan fingerprint density at radius 2 is 1.90 bits per heavy atom. The van der Waals surface area contributed by atoms with Gasteiger partial charge in [0.15, 0.2) is 0 Å². The fourth-order valence-electron chi connectivity index (χ4n) is 4.68. The quantitative estimate of drug-likeness (QED) is 0.641. The molecule has 3 heterocycles. The molecule has 0 saturated carbocycles. The average Bonchev–Trinajstić information content (AvgIpc) is 3.40. The molecule has 6 heteroatoms. The topological polar surface area (TPSA) is 49.3 Å². The number of aromatic nitrogens is 1. The number of nitrogens with one attached hydrogen (secondary N) is 2. The number of urea groups is 1. The minimum absolute atomic E-state index is 0.125. The minimum atomic E-state index is -0.125. The number of hydrogen-bond acceptors (Lipinski definition) is 3. The third-order valence-electron chi connectivity index (χ3n) is 6.24. The molecule has 1 aliphatic carbocycles. The molecule has 1 aromatic carbocycles. The van der Waals surface area contributed by atoms with Gasteiger partial charge in [-0.3, -0.25) is 0 Å². The molecule has 156 valence electrons. The molecule has 5 nitrogen and oxygen atoms in total. The van der Waals surface area contributed by atoms with E-state index >= 15 is 0 Å². The molecule has 0 spiro atoms. The van der Waals surface area contributed by atoms with Crippen molar-refractivity contribution in [2.45, 2.75) is 45.2 Å². The molecule has 30 heavy (non-hydrogen) atoms. The summed E-state index contributed by atoms with van der Waals surface area (Å²) in [5.41, 5.74) is 6.32. The fourth-order valence-corrected chi connectivity index (χ4v) is 6.09. The van der Waals surface area contributed by atoms with Crippen LogP contribution in [0.1, 0.15) is 40.0 Å². The lowest BCUT2D eigenvalue weighted by atomic mass is 9.90. The summed E-state index contributed by atoms with van der Waals surface area (Å²) in [6.07, 6.45) is 9.81. The monoisotopic (exact) mass is 420 g/mol. The molecule has 0 unspecified atom stereocenters. The Hall–Kier alpha value is -2.57. The van der Waals surface area contributed by atoms with Crippen LogP contribution in [0.4, 0.5) is 10.5 Å². The van der Waals surface area contributed by atoms with Crippen LogP contribution in [0.5, 0.6) is 0 Å². The van der Waals surface area contributed by atoms with Gasteiger partial charge < -0.3 is 20.1 Å². The highest BCUT2D eigenvalue weighted by atomic mass is 32.1. The summed E-state index contributed by atoms with van der Waals surface area (Å²) < 4.78 is 2.17. The van der Waals surface area contributed by atoms with Crippen LogP contribution in [-0.2, 0) is 32.4 Å². The maximum absolute atomic E-state index is 12.8. The van der Waals surface area contributed by atoms with Gasteiger partial charge in [0.2, 0.25) is 0 Å². The van der Waals surface area contributed by atoms with Crippen LogP contribution in [0.2, 0.25) is 0 Å². The van der Waals surface area contributed by atoms with Crippen LogP contribution in [0.25, 0.3) is 5.00 Å². The van der Waals surface area contributed by atoms with Crippen molar-refractivity contribution in [3.63, 3.8) is 0 Å². The van der Waals surface area contributed by atoms with E-state index in [1.807, 2.05) is 29.5 Å². The normalized spacial score (nSPS) is 16.0. The van der Waals surface area contributed by atoms with Crippen molar-refractivity contribution in [1.29, 1.82) is 0 Å². The highest BCUT2D eigenvalue weighted by Gasteiger charge is 2.24. The van der Waals surface area contributed by atoms with E-state index < -0.39 is 0 Å². The number of thiophene rings is 1. The van der Waals surface area contributed by atoms with E-state index in [-0.39, 0.29) is 6.03 Å². The van der Waals surface area contributed by atoms with Crippen LogP contribution < -0.4 is 10.6 Å². The van der Waals surface area contributed by atoms with Crippen molar-refractivity contribution in [2.24, 2.45) is 0 Å². The molecular formula is C24H28N4OS. The summed E-state index contributed by atoms with van der Waals surface area (Å²) >= 11 is 1.85. The standard InChI is InChI=1S/C24H28N4OS/c1-27-14-11-19-20(23(30-22(19)16-27)28-12-4-5-13-28)15-25-24(29)26-21-10-6-8-17-7-2-3-9-18(17)21/h4-6,8,10,12-13H,2-3,7,9,11,14-16H2,1H3,(H2,25,26,29). The van der Waals surface area contributed by atoms with Gasteiger partial charge in [-0.25, -0.2) is 4.79 Å². The first-order chi connectivity index (χ1) is 14.7. The molecule has 0 bridgehead atoms. The summed E-state index contributed by atoms with van der Waals surface area (Å²) in [5, 5.41) is 7.47. The lowest BCUT2D eigenvalue weighted by Gasteiger charge is -2.23. The molecule has 0 atom stereocenters. The van der Waals surface area contributed by atoms with E-state index in [4.69, 9.17) is 0 Å². The number of hydrogen-bond donors (Lipinski definition) is 2. The second-order valence-corrected chi connectivity index (χ2v) is 9.41. The third kappa shape index (κ3) is 3.77. The zero-order valence-electron chi connectivity index (χ0n) is 17.4. The zero-order valence-corrected chi connectivity index (χ0v) is 18.2. The molecule has 2 aromatic heterocycles. The lowest BCUT2D eigenvalue weighted by Crippen LogP contribution is -2.30. The predicted octanol–water partition coefficient (Wildman–Crippen LogP) is 4.73. The highest BCUT2D eigenvalue weighted by molar-refractivity contribution is 7.14. The molecule has 5 rings (SSSR count). The second-order valence-electron chi connectivity index (χ2n) is 8.32. The first-order valence-corrected chi connectivity index (χ1v) is 11.6. The predicted molar refractivity (Wildman–Crippen MR) is 123 cm³/mol. The summed E-state index contributed by atoms with van der Waals surface area (Å²) in [4.78, 5) is 16.6. The number of aryl methyl sites for hydroxylation is 1. The first-order valence-electron chi connectivity index (χ1n) is 10.8. The van der Waals surface area contributed by atoms with Crippen molar-refractivity contribution < 1.29 is 4.79 Å². The summed E-state index contributed by atoms with van der Waals surface area (Å²) in [7, 11) is 2.17. The second kappa shape index (κ2) is 8.28. The molecule has 2 amide bonds. The summed E-state index contributed by atoms with van der Waals surface area (Å²) in [6, 6.07) is 10.2. The number of benzene rings is 1. The Morgan fingerprint density at radius 1 is 1.07 bits per heavy atom. The maximum atomic E-state index is 12.8. The van der Waals surface area contributed by atoms with E-state index in [9.17, 15) is 4.79 Å². The van der Waals surface area contributed by atoms with Gasteiger partial charge in [0.05, 0.1) is 0 Å². The summed E-state index contributed by atoms with van der Waals surface area (Å²) in [6.45, 7) is 2.59. The van der Waals surface area contributed by atoms with E-state index in [0.717, 1.165) is 38.0 Å². The zero-order chi connectivity index (χ0) is 20.5. The van der Waals surface area contributed by atoms with Gasteiger partial charge in [0.1, 0.15) is 5.00 Å². The summed E-state index contributed by atoms with van der Waals surface area (Å²) in [5.74, 6) is 0. The maximum Gasteiger partial charge on any atom is 0.319 e. The Kier molecular flexibility index (Phi) is 5.35. The Morgan fingerprint density at radius 3 is 2.77 bits per heavy atom. The highest BCUT2D eigenvalue weighted by Crippen LogP contribution is 2.35. The smallest absolute Gasteiger partial charge is 0.319 e. The largest absolute Gasteiger partial charge is 0.334 e. The van der Waals surface area contributed by atoms with Crippen LogP contribution in [0.15, 0.2) is 42.7 Å². The number of carbonyl (C=O) groups is 1. The minimum Gasteiger partial charge on any atom is -0.334 e. The van der Waals surface area contributed by atoms with Gasteiger partial charge in [0.25, 0.3) is 0 Å². The van der Waals surface area contributed by atoms with Crippen molar-refractivity contribution >= 4 is 23.1 Å². The van der Waals surface area contributed by atoms with Gasteiger partial charge in [-0.1, -0.05) is 12.1 Å². The number of anilines is 1. The number of carbonyl (C=O) groups excluding carboxylic acids is 1. The van der Waals surface area contributed by atoms with Gasteiger partial charge >= 0.3 is 6.03 Å². The molecule has 0 radical (unpaired) electrons. The van der Waals surface area contributed by atoms with Gasteiger partial charge in [0, 0.05) is 48.2 Å². The number of amides is 2. The average molecular weight is 421 g/mol. The number of fused-ring (bicyclic) bond motifs is 2. The van der Waals surface area contributed by atoms with Gasteiger partial charge in [-0.15, -0.1) is 11.3 Å². The van der Waals surface area contributed by atoms with E-state index in [1.165, 1.54) is 45.0 Å². The van der Waals surface area contributed by atoms with Crippen LogP contribution >= 0.6 is 11.3 Å². The van der Waals surface area contributed by atoms with Gasteiger partial charge in [-0.05, 0) is 74.0 Å². The Labute approximate surface area is 181 Å². The van der Waals surface area contributed by atoms with Crippen molar-refractivity contribution in [3.05, 3.63) is 69.9 Å². The molecular weight excluding hydrogens is 392 g/mol. The van der Waals surface area contributed by atoms with Crippen molar-refractivity contribution in [1.82, 2.24) is 14.8 Å². The van der Waals surface area contributed by atoms with E-state index in [2.05, 4.69) is 51.7 Å². The number of likely N-dealkylation sites (N-methyl/N-ethyl adjacent to an activating group) is 1. The Balaban J connectivity index is 1.35. The molecule has 0 fully saturated rings. The van der Waals surface area contributed by atoms with Crippen molar-refractivity contribution in [3.8, 4) is 5.00 Å². The first kappa shape index (κ1) is 19.4. The molecule has 1 aliphatic heterocycles. The SMILES string of the molecule is CN1CCc2c(sc(-n3cccc3)c2CNC(=O)Nc2cccc3c2CCCC3)C1. The third-order valence-corrected chi connectivity index (χ3v) is 7.52. The van der Waals surface area contributed by atoms with Crippen molar-refractivity contribution in [2.75, 3.05) is 18.9 Å². The molecule has 0 saturated heterocycles. The molecule has 2 N–H and O–H groups in total. The van der Waals surface area contributed by atoms with Crippen LogP contribution in [0, 0.1) is 0 Å². The Bertz CT molecular complexity index is 1050.